The second kappa shape index (κ2) is 3.96. The van der Waals surface area contributed by atoms with Crippen molar-refractivity contribution in [2.45, 2.75) is 37.9 Å². The van der Waals surface area contributed by atoms with E-state index in [0.717, 1.165) is 18.5 Å². The van der Waals surface area contributed by atoms with Gasteiger partial charge in [-0.25, -0.2) is 0 Å². The first kappa shape index (κ1) is 10.5. The number of aromatic nitrogens is 2. The molecule has 1 saturated heterocycles. The predicted molar refractivity (Wildman–Crippen MR) is 58.7 cm³/mol. The van der Waals surface area contributed by atoms with E-state index >= 15 is 0 Å². The average Bonchev–Trinajstić information content (AvgIpc) is 2.90. The number of amides is 2. The third kappa shape index (κ3) is 1.95. The van der Waals surface area contributed by atoms with Crippen LogP contribution in [-0.2, 0) is 16.1 Å². The van der Waals surface area contributed by atoms with Crippen molar-refractivity contribution in [1.29, 1.82) is 0 Å². The van der Waals surface area contributed by atoms with Gasteiger partial charge in [0.05, 0.1) is 12.5 Å². The first-order chi connectivity index (χ1) is 8.25. The van der Waals surface area contributed by atoms with Crippen LogP contribution in [0.15, 0.2) is 12.3 Å². The first-order valence-electron chi connectivity index (χ1n) is 5.83. The molecule has 1 atom stereocenters. The lowest BCUT2D eigenvalue weighted by molar-refractivity contribution is -0.139. The van der Waals surface area contributed by atoms with Gasteiger partial charge in [0.15, 0.2) is 0 Å². The first-order valence-corrected chi connectivity index (χ1v) is 5.83. The van der Waals surface area contributed by atoms with Gasteiger partial charge in [0.2, 0.25) is 11.8 Å². The molecule has 0 radical (unpaired) electrons. The lowest BCUT2D eigenvalue weighted by Gasteiger charge is -2.13. The van der Waals surface area contributed by atoms with Gasteiger partial charge in [0.1, 0.15) is 0 Å². The van der Waals surface area contributed by atoms with Crippen LogP contribution in [0, 0.1) is 0 Å². The summed E-state index contributed by atoms with van der Waals surface area (Å²) in [4.78, 5) is 25.1. The zero-order valence-corrected chi connectivity index (χ0v) is 9.35. The van der Waals surface area contributed by atoms with Crippen LogP contribution in [0.4, 0.5) is 0 Å². The molecule has 6 heteroatoms. The van der Waals surface area contributed by atoms with Crippen LogP contribution in [0.25, 0.3) is 0 Å². The minimum atomic E-state index is -0.369. The minimum Gasteiger partial charge on any atom is -0.300 e. The topological polar surface area (TPSA) is 78.1 Å². The molecular formula is C11H14N4O2. The van der Waals surface area contributed by atoms with Gasteiger partial charge in [-0.05, 0) is 18.9 Å². The molecule has 0 bridgehead atoms. The molecule has 1 aliphatic carbocycles. The lowest BCUT2D eigenvalue weighted by Crippen LogP contribution is -2.39. The van der Waals surface area contributed by atoms with E-state index in [4.69, 9.17) is 0 Å². The number of imide groups is 1. The summed E-state index contributed by atoms with van der Waals surface area (Å²) in [6, 6.07) is 1.65. The molecule has 1 unspecified atom stereocenters. The summed E-state index contributed by atoms with van der Waals surface area (Å²) in [5.74, 6) is -0.114. The summed E-state index contributed by atoms with van der Waals surface area (Å²) in [6.45, 7) is 0.530. The maximum Gasteiger partial charge on any atom is 0.247 e. The van der Waals surface area contributed by atoms with E-state index in [1.165, 1.54) is 4.90 Å². The number of carbonyl (C=O) groups excluding carboxylic acids is 2. The quantitative estimate of drug-likeness (QED) is 0.707. The average molecular weight is 234 g/mol. The van der Waals surface area contributed by atoms with Crippen LogP contribution in [0.2, 0.25) is 0 Å². The second-order valence-electron chi connectivity index (χ2n) is 4.55. The molecule has 1 saturated carbocycles. The normalized spacial score (nSPS) is 24.7. The lowest BCUT2D eigenvalue weighted by atomic mass is 10.2. The van der Waals surface area contributed by atoms with Crippen LogP contribution in [0.1, 0.15) is 25.0 Å². The van der Waals surface area contributed by atoms with E-state index in [-0.39, 0.29) is 30.3 Å². The maximum absolute atomic E-state index is 12.0. The zero-order chi connectivity index (χ0) is 11.8. The Bertz CT molecular complexity index is 438. The van der Waals surface area contributed by atoms with Crippen molar-refractivity contribution >= 4 is 11.8 Å². The monoisotopic (exact) mass is 234 g/mol. The Morgan fingerprint density at radius 3 is 2.94 bits per heavy atom. The molecule has 2 aliphatic rings. The second-order valence-corrected chi connectivity index (χ2v) is 4.55. The van der Waals surface area contributed by atoms with E-state index in [9.17, 15) is 9.59 Å². The number of nitrogens with one attached hydrogen (secondary N) is 2. The third-order valence-corrected chi connectivity index (χ3v) is 3.19. The summed E-state index contributed by atoms with van der Waals surface area (Å²) in [7, 11) is 0. The highest BCUT2D eigenvalue weighted by Crippen LogP contribution is 2.31. The molecule has 0 aromatic carbocycles. The Balaban J connectivity index is 1.61. The number of nitrogens with zero attached hydrogens (tertiary/aromatic N) is 2. The van der Waals surface area contributed by atoms with Crippen molar-refractivity contribution in [3.8, 4) is 0 Å². The molecule has 90 valence electrons. The Labute approximate surface area is 98.4 Å². The van der Waals surface area contributed by atoms with Gasteiger partial charge < -0.3 is 0 Å². The predicted octanol–water partition coefficient (Wildman–Crippen LogP) is -0.211. The van der Waals surface area contributed by atoms with E-state index in [2.05, 4.69) is 15.5 Å². The smallest absolute Gasteiger partial charge is 0.247 e. The summed E-state index contributed by atoms with van der Waals surface area (Å²) >= 11 is 0. The fourth-order valence-corrected chi connectivity index (χ4v) is 2.14. The van der Waals surface area contributed by atoms with Crippen LogP contribution >= 0.6 is 0 Å². The van der Waals surface area contributed by atoms with E-state index in [1.54, 1.807) is 6.20 Å². The third-order valence-electron chi connectivity index (χ3n) is 3.19. The van der Waals surface area contributed by atoms with Gasteiger partial charge in [-0.3, -0.25) is 24.9 Å². The SMILES string of the molecule is O=C1CC(NCc2ccn[nH]2)C(=O)N1C1CC1. The largest absolute Gasteiger partial charge is 0.300 e. The molecule has 17 heavy (non-hydrogen) atoms. The van der Waals surface area contributed by atoms with Gasteiger partial charge in [-0.15, -0.1) is 0 Å². The van der Waals surface area contributed by atoms with E-state index < -0.39 is 0 Å². The minimum absolute atomic E-state index is 0.0420. The van der Waals surface area contributed by atoms with Gasteiger partial charge in [-0.2, -0.15) is 5.10 Å². The number of H-pyrrole nitrogens is 1. The van der Waals surface area contributed by atoms with Crippen molar-refractivity contribution in [3.63, 3.8) is 0 Å². The number of aromatic amines is 1. The van der Waals surface area contributed by atoms with Crippen LogP contribution in [-0.4, -0.2) is 39.0 Å². The molecule has 0 spiro atoms. The molecule has 6 nitrogen and oxygen atoms in total. The summed E-state index contributed by atoms with van der Waals surface area (Å²) < 4.78 is 0. The number of hydrogen-bond donors (Lipinski definition) is 2. The Morgan fingerprint density at radius 2 is 2.29 bits per heavy atom. The Kier molecular flexibility index (Phi) is 2.44. The molecule has 3 rings (SSSR count). The molecule has 1 aromatic heterocycles. The maximum atomic E-state index is 12.0. The van der Waals surface area contributed by atoms with Crippen molar-refractivity contribution < 1.29 is 9.59 Å². The summed E-state index contributed by atoms with van der Waals surface area (Å²) in [6.07, 6.45) is 3.87. The molecule has 2 heterocycles. The molecule has 1 aromatic rings. The van der Waals surface area contributed by atoms with Gasteiger partial charge in [0, 0.05) is 24.5 Å². The van der Waals surface area contributed by atoms with Crippen molar-refractivity contribution in [2.75, 3.05) is 0 Å². The number of likely N-dealkylation sites (tertiary alicyclic amines) is 1. The van der Waals surface area contributed by atoms with Gasteiger partial charge in [-0.1, -0.05) is 0 Å². The van der Waals surface area contributed by atoms with Crippen molar-refractivity contribution in [2.24, 2.45) is 0 Å². The zero-order valence-electron chi connectivity index (χ0n) is 9.35. The highest BCUT2D eigenvalue weighted by atomic mass is 16.2. The highest BCUT2D eigenvalue weighted by molar-refractivity contribution is 6.06. The van der Waals surface area contributed by atoms with Crippen molar-refractivity contribution in [1.82, 2.24) is 20.4 Å². The van der Waals surface area contributed by atoms with E-state index in [1.807, 2.05) is 6.07 Å². The number of rotatable bonds is 4. The van der Waals surface area contributed by atoms with Crippen molar-refractivity contribution in [3.05, 3.63) is 18.0 Å². The Morgan fingerprint density at radius 1 is 1.47 bits per heavy atom. The fraction of sp³-hybridized carbons (Fsp3) is 0.545. The number of carbonyl (C=O) groups is 2. The van der Waals surface area contributed by atoms with Gasteiger partial charge in [0.25, 0.3) is 0 Å². The fourth-order valence-electron chi connectivity index (χ4n) is 2.14. The molecule has 1 aliphatic heterocycles. The van der Waals surface area contributed by atoms with Crippen LogP contribution < -0.4 is 5.32 Å². The summed E-state index contributed by atoms with van der Waals surface area (Å²) in [5.41, 5.74) is 0.912. The summed E-state index contributed by atoms with van der Waals surface area (Å²) in [5, 5.41) is 9.73. The molecule has 2 N–H and O–H groups in total. The molecule has 2 amide bonds. The number of hydrogen-bond acceptors (Lipinski definition) is 4. The van der Waals surface area contributed by atoms with Crippen LogP contribution in [0.5, 0.6) is 0 Å². The molecule has 2 fully saturated rings. The standard InChI is InChI=1S/C11H14N4O2/c16-10-5-9(11(17)15(10)8-1-2-8)12-6-7-3-4-13-14-7/h3-4,8-9,12H,1-2,5-6H2,(H,13,14). The molecular weight excluding hydrogens is 220 g/mol. The highest BCUT2D eigenvalue weighted by Gasteiger charge is 2.45. The van der Waals surface area contributed by atoms with E-state index in [0.29, 0.717) is 6.54 Å². The van der Waals surface area contributed by atoms with Crippen LogP contribution in [0.3, 0.4) is 0 Å². The van der Waals surface area contributed by atoms with Gasteiger partial charge >= 0.3 is 0 Å². The Hall–Kier alpha value is -1.69.